The fourth-order valence-corrected chi connectivity index (χ4v) is 5.24. The second kappa shape index (κ2) is 6.85. The highest BCUT2D eigenvalue weighted by atomic mass is 35.5. The summed E-state index contributed by atoms with van der Waals surface area (Å²) in [5, 5.41) is 6.35. The first-order valence-electron chi connectivity index (χ1n) is 9.23. The van der Waals surface area contributed by atoms with Crippen molar-refractivity contribution in [1.29, 1.82) is 0 Å². The van der Waals surface area contributed by atoms with Crippen molar-refractivity contribution in [2.24, 2.45) is 0 Å². The standard InChI is InChI=1S/C22H23ClN2O2S/c1-22(2,3)24-20-17-8-4-6-14-7-5-9-18(19(14)17)21(20)25-28(26,27)16-12-10-15(23)11-13-16/h4-13,20-21,24-25H,1-3H3/t20-,21+/m0/s1. The molecule has 0 unspecified atom stereocenters. The van der Waals surface area contributed by atoms with Crippen LogP contribution in [0.3, 0.4) is 0 Å². The zero-order valence-corrected chi connectivity index (χ0v) is 17.6. The Kier molecular flexibility index (Phi) is 4.74. The molecule has 2 atom stereocenters. The lowest BCUT2D eigenvalue weighted by molar-refractivity contribution is 0.327. The van der Waals surface area contributed by atoms with E-state index in [-0.39, 0.29) is 16.5 Å². The summed E-state index contributed by atoms with van der Waals surface area (Å²) in [6.45, 7) is 6.25. The molecule has 3 aromatic carbocycles. The monoisotopic (exact) mass is 414 g/mol. The minimum absolute atomic E-state index is 0.164. The topological polar surface area (TPSA) is 58.2 Å². The highest BCUT2D eigenvalue weighted by molar-refractivity contribution is 7.89. The Bertz CT molecular complexity index is 1130. The van der Waals surface area contributed by atoms with E-state index in [9.17, 15) is 8.42 Å². The van der Waals surface area contributed by atoms with Crippen LogP contribution in [0.15, 0.2) is 65.6 Å². The van der Waals surface area contributed by atoms with Gasteiger partial charge < -0.3 is 5.32 Å². The van der Waals surface area contributed by atoms with Crippen molar-refractivity contribution in [2.75, 3.05) is 0 Å². The highest BCUT2D eigenvalue weighted by Crippen LogP contribution is 2.45. The first-order valence-corrected chi connectivity index (χ1v) is 11.1. The van der Waals surface area contributed by atoms with Crippen LogP contribution in [0.4, 0.5) is 0 Å². The summed E-state index contributed by atoms with van der Waals surface area (Å²) >= 11 is 5.92. The van der Waals surface area contributed by atoms with Gasteiger partial charge in [0.15, 0.2) is 0 Å². The molecule has 0 spiro atoms. The van der Waals surface area contributed by atoms with Crippen molar-refractivity contribution in [1.82, 2.24) is 10.0 Å². The number of hydrogen-bond donors (Lipinski definition) is 2. The summed E-state index contributed by atoms with van der Waals surface area (Å²) in [7, 11) is -3.71. The largest absolute Gasteiger partial charge is 0.304 e. The quantitative estimate of drug-likeness (QED) is 0.634. The average Bonchev–Trinajstić information content (AvgIpc) is 2.89. The minimum Gasteiger partial charge on any atom is -0.304 e. The molecular formula is C22H23ClN2O2S. The maximum atomic E-state index is 13.1. The molecule has 0 fully saturated rings. The molecule has 28 heavy (non-hydrogen) atoms. The minimum atomic E-state index is -3.71. The lowest BCUT2D eigenvalue weighted by atomic mass is 10.0. The van der Waals surface area contributed by atoms with Gasteiger partial charge in [0.05, 0.1) is 17.0 Å². The molecule has 0 radical (unpaired) electrons. The summed E-state index contributed by atoms with van der Waals surface area (Å²) in [4.78, 5) is 0.203. The number of sulfonamides is 1. The molecule has 2 N–H and O–H groups in total. The second-order valence-electron chi connectivity index (χ2n) is 8.22. The molecular weight excluding hydrogens is 392 g/mol. The van der Waals surface area contributed by atoms with Crippen molar-refractivity contribution in [3.63, 3.8) is 0 Å². The molecule has 0 bridgehead atoms. The van der Waals surface area contributed by atoms with Gasteiger partial charge >= 0.3 is 0 Å². The molecule has 1 aliphatic carbocycles. The van der Waals surface area contributed by atoms with Crippen molar-refractivity contribution in [3.8, 4) is 0 Å². The van der Waals surface area contributed by atoms with E-state index in [4.69, 9.17) is 11.6 Å². The van der Waals surface area contributed by atoms with Crippen LogP contribution in [0.25, 0.3) is 10.8 Å². The van der Waals surface area contributed by atoms with Crippen LogP contribution in [-0.4, -0.2) is 14.0 Å². The number of nitrogens with one attached hydrogen (secondary N) is 2. The molecule has 0 amide bonds. The van der Waals surface area contributed by atoms with Gasteiger partial charge in [0.25, 0.3) is 0 Å². The molecule has 0 aromatic heterocycles. The Morgan fingerprint density at radius 1 is 0.857 bits per heavy atom. The predicted octanol–water partition coefficient (Wildman–Crippen LogP) is 4.96. The highest BCUT2D eigenvalue weighted by Gasteiger charge is 2.38. The third-order valence-corrected chi connectivity index (χ3v) is 6.68. The molecule has 0 heterocycles. The Hall–Kier alpha value is -1.92. The summed E-state index contributed by atoms with van der Waals surface area (Å²) < 4.78 is 29.1. The van der Waals surface area contributed by atoms with Crippen molar-refractivity contribution >= 4 is 32.4 Å². The molecule has 0 saturated carbocycles. The van der Waals surface area contributed by atoms with E-state index < -0.39 is 16.1 Å². The molecule has 3 aromatic rings. The van der Waals surface area contributed by atoms with Gasteiger partial charge in [-0.3, -0.25) is 0 Å². The average molecular weight is 415 g/mol. The predicted molar refractivity (Wildman–Crippen MR) is 114 cm³/mol. The van der Waals surface area contributed by atoms with E-state index >= 15 is 0 Å². The molecule has 0 aliphatic heterocycles. The van der Waals surface area contributed by atoms with Gasteiger partial charge in [-0.15, -0.1) is 0 Å². The zero-order chi connectivity index (χ0) is 20.1. The number of halogens is 1. The van der Waals surface area contributed by atoms with Crippen molar-refractivity contribution in [2.45, 2.75) is 43.3 Å². The van der Waals surface area contributed by atoms with E-state index in [2.05, 4.69) is 49.0 Å². The molecule has 4 rings (SSSR count). The van der Waals surface area contributed by atoms with Crippen LogP contribution in [0.5, 0.6) is 0 Å². The summed E-state index contributed by atoms with van der Waals surface area (Å²) in [6.07, 6.45) is 0. The van der Waals surface area contributed by atoms with E-state index in [1.807, 2.05) is 18.2 Å². The molecule has 146 valence electrons. The van der Waals surface area contributed by atoms with E-state index in [1.54, 1.807) is 12.1 Å². The van der Waals surface area contributed by atoms with Gasteiger partial charge in [0.1, 0.15) is 0 Å². The number of benzene rings is 3. The van der Waals surface area contributed by atoms with Gasteiger partial charge in [-0.1, -0.05) is 48.0 Å². The van der Waals surface area contributed by atoms with Crippen LogP contribution in [-0.2, 0) is 10.0 Å². The molecule has 0 saturated heterocycles. The van der Waals surface area contributed by atoms with E-state index in [0.717, 1.165) is 21.9 Å². The fraction of sp³-hybridized carbons (Fsp3) is 0.273. The molecule has 1 aliphatic rings. The third kappa shape index (κ3) is 3.55. The lowest BCUT2D eigenvalue weighted by Gasteiger charge is -2.31. The Balaban J connectivity index is 1.80. The van der Waals surface area contributed by atoms with Crippen molar-refractivity contribution < 1.29 is 8.42 Å². The smallest absolute Gasteiger partial charge is 0.241 e. The van der Waals surface area contributed by atoms with Crippen LogP contribution >= 0.6 is 11.6 Å². The molecule has 4 nitrogen and oxygen atoms in total. The van der Waals surface area contributed by atoms with Gasteiger partial charge in [-0.05, 0) is 66.9 Å². The van der Waals surface area contributed by atoms with Crippen molar-refractivity contribution in [3.05, 3.63) is 76.8 Å². The van der Waals surface area contributed by atoms with E-state index in [0.29, 0.717) is 5.02 Å². The Labute approximate surface area is 171 Å². The SMILES string of the molecule is CC(C)(C)N[C@H]1c2cccc3cccc(c23)[C@H]1NS(=O)(=O)c1ccc(Cl)cc1. The second-order valence-corrected chi connectivity index (χ2v) is 10.4. The maximum absolute atomic E-state index is 13.1. The van der Waals surface area contributed by atoms with Crippen LogP contribution in [0.2, 0.25) is 5.02 Å². The third-order valence-electron chi connectivity index (χ3n) is 4.97. The summed E-state index contributed by atoms with van der Waals surface area (Å²) in [5.41, 5.74) is 1.93. The Morgan fingerprint density at radius 3 is 2.00 bits per heavy atom. The van der Waals surface area contributed by atoms with Gasteiger partial charge in [-0.2, -0.15) is 0 Å². The fourth-order valence-electron chi connectivity index (χ4n) is 3.89. The molecule has 6 heteroatoms. The first-order chi connectivity index (χ1) is 13.2. The number of rotatable bonds is 4. The zero-order valence-electron chi connectivity index (χ0n) is 16.0. The maximum Gasteiger partial charge on any atom is 0.241 e. The normalized spacial score (nSPS) is 19.3. The van der Waals surface area contributed by atoms with Crippen LogP contribution in [0, 0.1) is 0 Å². The first kappa shape index (κ1) is 19.4. The summed E-state index contributed by atoms with van der Waals surface area (Å²) in [5.74, 6) is 0. The van der Waals surface area contributed by atoms with Crippen LogP contribution < -0.4 is 10.0 Å². The van der Waals surface area contributed by atoms with Gasteiger partial charge in [0.2, 0.25) is 10.0 Å². The summed E-state index contributed by atoms with van der Waals surface area (Å²) in [6, 6.07) is 17.9. The Morgan fingerprint density at radius 2 is 1.43 bits per heavy atom. The lowest BCUT2D eigenvalue weighted by Crippen LogP contribution is -2.44. The van der Waals surface area contributed by atoms with Gasteiger partial charge in [-0.25, -0.2) is 13.1 Å². The number of hydrogen-bond acceptors (Lipinski definition) is 3. The van der Waals surface area contributed by atoms with Gasteiger partial charge in [0, 0.05) is 10.6 Å². The van der Waals surface area contributed by atoms with E-state index in [1.165, 1.54) is 12.1 Å². The van der Waals surface area contributed by atoms with Crippen LogP contribution in [0.1, 0.15) is 44.0 Å².